The molecule has 0 bridgehead atoms. The number of rotatable bonds is 5. The van der Waals surface area contributed by atoms with Gasteiger partial charge in [-0.3, -0.25) is 0 Å². The number of fused-ring (bicyclic) bond motifs is 1. The average Bonchev–Trinajstić information content (AvgIpc) is 3.01. The fourth-order valence-corrected chi connectivity index (χ4v) is 2.88. The lowest BCUT2D eigenvalue weighted by Crippen LogP contribution is -2.05. The molecule has 0 aliphatic carbocycles. The maximum Gasteiger partial charge on any atom is 0.138 e. The molecule has 21 heavy (non-hydrogen) atoms. The molecule has 0 aliphatic rings. The van der Waals surface area contributed by atoms with Gasteiger partial charge in [0.25, 0.3) is 0 Å². The van der Waals surface area contributed by atoms with Gasteiger partial charge in [-0.05, 0) is 29.1 Å². The highest BCUT2D eigenvalue weighted by Gasteiger charge is 2.08. The number of pyridine rings is 1. The Morgan fingerprint density at radius 3 is 2.95 bits per heavy atom. The Balaban J connectivity index is 1.85. The molecule has 0 atom stereocenters. The largest absolute Gasteiger partial charge is 0.373 e. The Morgan fingerprint density at radius 2 is 2.14 bits per heavy atom. The zero-order valence-electron chi connectivity index (χ0n) is 12.1. The maximum atomic E-state index is 4.60. The van der Waals surface area contributed by atoms with Gasteiger partial charge >= 0.3 is 0 Å². The topological polar surface area (TPSA) is 62.7 Å². The summed E-state index contributed by atoms with van der Waals surface area (Å²) in [5, 5.41) is 9.60. The van der Waals surface area contributed by atoms with E-state index >= 15 is 0 Å². The van der Waals surface area contributed by atoms with Gasteiger partial charge in [0.05, 0.1) is 5.39 Å². The standard InChI is InChI=1S/C15H17N5S/c1-3-12-19-14(11-5-7-21-15(11)20-12)18-9-10-4-6-17-13(8-10)16-2/h4-8H,3,9H2,1-2H3,(H,16,17)(H,18,19,20). The first kappa shape index (κ1) is 13.8. The highest BCUT2D eigenvalue weighted by atomic mass is 32.1. The first-order valence-electron chi connectivity index (χ1n) is 6.91. The van der Waals surface area contributed by atoms with Gasteiger partial charge in [0.2, 0.25) is 0 Å². The molecular weight excluding hydrogens is 282 g/mol. The summed E-state index contributed by atoms with van der Waals surface area (Å²) >= 11 is 1.65. The predicted octanol–water partition coefficient (Wildman–Crippen LogP) is 3.30. The van der Waals surface area contributed by atoms with E-state index in [0.717, 1.165) is 39.7 Å². The third kappa shape index (κ3) is 2.95. The van der Waals surface area contributed by atoms with Crippen LogP contribution in [0.15, 0.2) is 29.8 Å². The molecule has 3 aromatic rings. The highest BCUT2D eigenvalue weighted by molar-refractivity contribution is 7.16. The van der Waals surface area contributed by atoms with E-state index in [1.54, 1.807) is 17.5 Å². The number of anilines is 2. The summed E-state index contributed by atoms with van der Waals surface area (Å²) in [6.45, 7) is 2.78. The molecule has 5 nitrogen and oxygen atoms in total. The minimum Gasteiger partial charge on any atom is -0.373 e. The van der Waals surface area contributed by atoms with Crippen molar-refractivity contribution in [1.29, 1.82) is 0 Å². The van der Waals surface area contributed by atoms with Crippen LogP contribution in [0, 0.1) is 0 Å². The van der Waals surface area contributed by atoms with E-state index in [2.05, 4.69) is 44.0 Å². The molecule has 0 aliphatic heterocycles. The molecule has 0 saturated heterocycles. The fourth-order valence-electron chi connectivity index (χ4n) is 2.10. The fraction of sp³-hybridized carbons (Fsp3) is 0.267. The average molecular weight is 299 g/mol. The number of aryl methyl sites for hydroxylation is 1. The number of thiophene rings is 1. The molecular formula is C15H17N5S. The quantitative estimate of drug-likeness (QED) is 0.757. The second-order valence-electron chi connectivity index (χ2n) is 4.63. The van der Waals surface area contributed by atoms with Crippen molar-refractivity contribution in [3.63, 3.8) is 0 Å². The van der Waals surface area contributed by atoms with Crippen molar-refractivity contribution < 1.29 is 0 Å². The van der Waals surface area contributed by atoms with Crippen LogP contribution < -0.4 is 10.6 Å². The van der Waals surface area contributed by atoms with Crippen molar-refractivity contribution in [3.8, 4) is 0 Å². The maximum absolute atomic E-state index is 4.60. The zero-order chi connectivity index (χ0) is 14.7. The van der Waals surface area contributed by atoms with Crippen LogP contribution in [0.1, 0.15) is 18.3 Å². The van der Waals surface area contributed by atoms with E-state index in [1.807, 2.05) is 19.2 Å². The van der Waals surface area contributed by atoms with E-state index in [0.29, 0.717) is 6.54 Å². The molecule has 3 rings (SSSR count). The first-order chi connectivity index (χ1) is 10.3. The molecule has 0 fully saturated rings. The summed E-state index contributed by atoms with van der Waals surface area (Å²) in [5.74, 6) is 2.64. The van der Waals surface area contributed by atoms with Gasteiger partial charge in [-0.2, -0.15) is 0 Å². The van der Waals surface area contributed by atoms with Gasteiger partial charge in [-0.1, -0.05) is 6.92 Å². The zero-order valence-corrected chi connectivity index (χ0v) is 12.9. The van der Waals surface area contributed by atoms with Crippen molar-refractivity contribution in [2.24, 2.45) is 0 Å². The van der Waals surface area contributed by atoms with Crippen molar-refractivity contribution >= 4 is 33.2 Å². The molecule has 2 N–H and O–H groups in total. The Bertz CT molecular complexity index is 753. The summed E-state index contributed by atoms with van der Waals surface area (Å²) in [6, 6.07) is 6.09. The van der Waals surface area contributed by atoms with E-state index < -0.39 is 0 Å². The number of nitrogens with zero attached hydrogens (tertiary/aromatic N) is 3. The van der Waals surface area contributed by atoms with Crippen LogP contribution in [0.25, 0.3) is 10.2 Å². The van der Waals surface area contributed by atoms with Crippen LogP contribution in [0.3, 0.4) is 0 Å². The van der Waals surface area contributed by atoms with Crippen LogP contribution in [0.5, 0.6) is 0 Å². The monoisotopic (exact) mass is 299 g/mol. The molecule has 0 amide bonds. The minimum absolute atomic E-state index is 0.711. The molecule has 6 heteroatoms. The summed E-state index contributed by atoms with van der Waals surface area (Å²) in [7, 11) is 1.87. The van der Waals surface area contributed by atoms with Gasteiger partial charge in [0, 0.05) is 26.2 Å². The smallest absolute Gasteiger partial charge is 0.138 e. The van der Waals surface area contributed by atoms with Gasteiger partial charge in [0.1, 0.15) is 22.3 Å². The number of nitrogens with one attached hydrogen (secondary N) is 2. The number of hydrogen-bond acceptors (Lipinski definition) is 6. The van der Waals surface area contributed by atoms with E-state index in [4.69, 9.17) is 0 Å². The Labute approximate surface area is 127 Å². The van der Waals surface area contributed by atoms with Crippen LogP contribution in [-0.4, -0.2) is 22.0 Å². The molecule has 108 valence electrons. The molecule has 0 saturated carbocycles. The molecule has 0 spiro atoms. The lowest BCUT2D eigenvalue weighted by molar-refractivity contribution is 0.956. The predicted molar refractivity (Wildman–Crippen MR) is 87.9 cm³/mol. The normalized spacial score (nSPS) is 10.8. The molecule has 0 aromatic carbocycles. The summed E-state index contributed by atoms with van der Waals surface area (Å²) in [5.41, 5.74) is 1.16. The van der Waals surface area contributed by atoms with Crippen molar-refractivity contribution in [3.05, 3.63) is 41.2 Å². The number of hydrogen-bond donors (Lipinski definition) is 2. The molecule has 0 unspecified atom stereocenters. The Morgan fingerprint density at radius 1 is 1.24 bits per heavy atom. The molecule has 3 heterocycles. The van der Waals surface area contributed by atoms with Crippen LogP contribution >= 0.6 is 11.3 Å². The molecule has 3 aromatic heterocycles. The Kier molecular flexibility index (Phi) is 3.96. The van der Waals surface area contributed by atoms with E-state index in [1.165, 1.54) is 0 Å². The van der Waals surface area contributed by atoms with Gasteiger partial charge in [0.15, 0.2) is 0 Å². The van der Waals surface area contributed by atoms with E-state index in [9.17, 15) is 0 Å². The van der Waals surface area contributed by atoms with Crippen LogP contribution in [0.4, 0.5) is 11.6 Å². The second-order valence-corrected chi connectivity index (χ2v) is 5.53. The SMILES string of the molecule is CCc1nc(NCc2ccnc(NC)c2)c2ccsc2n1. The van der Waals surface area contributed by atoms with Gasteiger partial charge in [-0.15, -0.1) is 11.3 Å². The second kappa shape index (κ2) is 6.05. The summed E-state index contributed by atoms with van der Waals surface area (Å²) in [4.78, 5) is 14.4. The van der Waals surface area contributed by atoms with Crippen LogP contribution in [-0.2, 0) is 13.0 Å². The Hall–Kier alpha value is -2.21. The van der Waals surface area contributed by atoms with Crippen molar-refractivity contribution in [2.45, 2.75) is 19.9 Å². The molecule has 0 radical (unpaired) electrons. The van der Waals surface area contributed by atoms with Crippen molar-refractivity contribution in [1.82, 2.24) is 15.0 Å². The van der Waals surface area contributed by atoms with Gasteiger partial charge in [-0.25, -0.2) is 15.0 Å². The summed E-state index contributed by atoms with van der Waals surface area (Å²) in [6.07, 6.45) is 2.64. The lowest BCUT2D eigenvalue weighted by Gasteiger charge is -2.09. The lowest BCUT2D eigenvalue weighted by atomic mass is 10.2. The van der Waals surface area contributed by atoms with Crippen LogP contribution in [0.2, 0.25) is 0 Å². The first-order valence-corrected chi connectivity index (χ1v) is 7.78. The highest BCUT2D eigenvalue weighted by Crippen LogP contribution is 2.25. The third-order valence-electron chi connectivity index (χ3n) is 3.23. The van der Waals surface area contributed by atoms with E-state index in [-0.39, 0.29) is 0 Å². The minimum atomic E-state index is 0.711. The number of aromatic nitrogens is 3. The summed E-state index contributed by atoms with van der Waals surface area (Å²) < 4.78 is 0. The third-order valence-corrected chi connectivity index (χ3v) is 4.03. The van der Waals surface area contributed by atoms with Gasteiger partial charge < -0.3 is 10.6 Å². The van der Waals surface area contributed by atoms with Crippen molar-refractivity contribution in [2.75, 3.05) is 17.7 Å².